The Kier molecular flexibility index (Phi) is 4.07. The number of ether oxygens (including phenoxy) is 2. The molecule has 0 aliphatic carbocycles. The summed E-state index contributed by atoms with van der Waals surface area (Å²) in [6.45, 7) is 4.89. The maximum absolute atomic E-state index is 12.9. The topological polar surface area (TPSA) is 69.5 Å². The van der Waals surface area contributed by atoms with Crippen molar-refractivity contribution < 1.29 is 27.4 Å². The van der Waals surface area contributed by atoms with Gasteiger partial charge in [-0.05, 0) is 20.8 Å². The maximum Gasteiger partial charge on any atom is 0.451 e. The number of alkyl halides is 3. The second-order valence-electron chi connectivity index (χ2n) is 5.86. The zero-order chi connectivity index (χ0) is 16.7. The highest BCUT2D eigenvalue weighted by Crippen LogP contribution is 2.33. The molecule has 0 saturated heterocycles. The molecule has 124 valence electrons. The molecule has 7 nitrogen and oxygen atoms in total. The smallest absolute Gasteiger partial charge is 0.444 e. The van der Waals surface area contributed by atoms with Gasteiger partial charge < -0.3 is 9.47 Å². The van der Waals surface area contributed by atoms with E-state index in [-0.39, 0.29) is 18.9 Å². The Morgan fingerprint density at radius 2 is 1.91 bits per heavy atom. The predicted molar refractivity (Wildman–Crippen MR) is 67.7 cm³/mol. The first-order valence-corrected chi connectivity index (χ1v) is 6.54. The molecule has 2 heterocycles. The first-order valence-electron chi connectivity index (χ1n) is 6.54. The lowest BCUT2D eigenvalue weighted by molar-refractivity contribution is -0.153. The number of hydrogen-bond donors (Lipinski definition) is 0. The molecule has 10 heteroatoms. The highest BCUT2D eigenvalue weighted by Gasteiger charge is 2.43. The largest absolute Gasteiger partial charge is 0.451 e. The van der Waals surface area contributed by atoms with Gasteiger partial charge in [0, 0.05) is 7.11 Å². The van der Waals surface area contributed by atoms with Crippen LogP contribution in [0.1, 0.15) is 38.6 Å². The Morgan fingerprint density at radius 1 is 1.27 bits per heavy atom. The van der Waals surface area contributed by atoms with Crippen molar-refractivity contribution in [2.24, 2.45) is 0 Å². The molecule has 1 unspecified atom stereocenters. The summed E-state index contributed by atoms with van der Waals surface area (Å²) in [6.07, 6.45) is -6.31. The van der Waals surface area contributed by atoms with Crippen LogP contribution in [0.4, 0.5) is 18.0 Å². The molecule has 0 bridgehead atoms. The van der Waals surface area contributed by atoms with Gasteiger partial charge in [-0.1, -0.05) is 0 Å². The van der Waals surface area contributed by atoms with Crippen molar-refractivity contribution in [2.75, 3.05) is 13.7 Å². The average molecular weight is 322 g/mol. The number of carbonyl (C=O) groups excluding carboxylic acids is 1. The molecule has 0 spiro atoms. The Labute approximate surface area is 125 Å². The summed E-state index contributed by atoms with van der Waals surface area (Å²) in [5.74, 6) is -1.14. The molecule has 22 heavy (non-hydrogen) atoms. The van der Waals surface area contributed by atoms with Crippen LogP contribution in [0, 0.1) is 0 Å². The lowest BCUT2D eigenvalue weighted by atomic mass is 10.2. The summed E-state index contributed by atoms with van der Waals surface area (Å²) in [4.78, 5) is 13.3. The zero-order valence-corrected chi connectivity index (χ0v) is 12.6. The number of halogens is 3. The number of nitrogens with zero attached hydrogens (tertiary/aromatic N) is 4. The molecule has 1 atom stereocenters. The van der Waals surface area contributed by atoms with Crippen molar-refractivity contribution in [2.45, 2.75) is 45.3 Å². The van der Waals surface area contributed by atoms with Crippen LogP contribution in [-0.4, -0.2) is 45.0 Å². The van der Waals surface area contributed by atoms with Crippen LogP contribution >= 0.6 is 0 Å². The molecule has 1 amide bonds. The molecule has 0 saturated carbocycles. The third kappa shape index (κ3) is 3.32. The summed E-state index contributed by atoms with van der Waals surface area (Å²) in [6, 6.07) is 0. The van der Waals surface area contributed by atoms with Gasteiger partial charge in [-0.2, -0.15) is 13.2 Å². The van der Waals surface area contributed by atoms with Gasteiger partial charge in [-0.25, -0.2) is 4.79 Å². The second-order valence-corrected chi connectivity index (χ2v) is 5.86. The normalized spacial score (nSPS) is 19.0. The quantitative estimate of drug-likeness (QED) is 0.793. The van der Waals surface area contributed by atoms with Crippen molar-refractivity contribution in [1.82, 2.24) is 19.7 Å². The first-order chi connectivity index (χ1) is 10.0. The molecule has 1 aromatic heterocycles. The van der Waals surface area contributed by atoms with Crippen LogP contribution in [-0.2, 0) is 22.2 Å². The fourth-order valence-corrected chi connectivity index (χ4v) is 2.08. The summed E-state index contributed by atoms with van der Waals surface area (Å²) in [5.41, 5.74) is -0.706. The third-order valence-corrected chi connectivity index (χ3v) is 2.94. The number of aromatic nitrogens is 3. The van der Waals surface area contributed by atoms with E-state index in [4.69, 9.17) is 9.47 Å². The van der Waals surface area contributed by atoms with E-state index in [1.807, 2.05) is 0 Å². The number of methoxy groups -OCH3 is 1. The van der Waals surface area contributed by atoms with Gasteiger partial charge >= 0.3 is 12.3 Å². The molecule has 1 aliphatic rings. The van der Waals surface area contributed by atoms with E-state index >= 15 is 0 Å². The molecule has 0 radical (unpaired) electrons. The Hall–Kier alpha value is -1.84. The minimum absolute atomic E-state index is 0.00344. The Balaban J connectivity index is 2.28. The van der Waals surface area contributed by atoms with E-state index < -0.39 is 29.9 Å². The monoisotopic (exact) mass is 322 g/mol. The molecule has 0 N–H and O–H groups in total. The fourth-order valence-electron chi connectivity index (χ4n) is 2.08. The minimum Gasteiger partial charge on any atom is -0.444 e. The van der Waals surface area contributed by atoms with E-state index in [0.29, 0.717) is 0 Å². The average Bonchev–Trinajstić information content (AvgIpc) is 2.78. The van der Waals surface area contributed by atoms with E-state index in [1.165, 1.54) is 12.0 Å². The lowest BCUT2D eigenvalue weighted by Gasteiger charge is -2.34. The molecular formula is C12H17F3N4O3. The minimum atomic E-state index is -4.64. The standard InChI is InChI=1S/C12H17F3N4O3/c1-11(2,3)22-10(20)18-5-7-16-17-9(12(13,14)15)19(7)8(6-18)21-4/h8H,5-6H2,1-4H3. The van der Waals surface area contributed by atoms with Crippen molar-refractivity contribution >= 4 is 6.09 Å². The highest BCUT2D eigenvalue weighted by atomic mass is 19.4. The van der Waals surface area contributed by atoms with Crippen LogP contribution in [0.25, 0.3) is 0 Å². The van der Waals surface area contributed by atoms with Gasteiger partial charge in [0.05, 0.1) is 13.1 Å². The molecule has 0 aromatic carbocycles. The third-order valence-electron chi connectivity index (χ3n) is 2.94. The summed E-state index contributed by atoms with van der Waals surface area (Å²) in [7, 11) is 1.26. The van der Waals surface area contributed by atoms with Crippen LogP contribution in [0.2, 0.25) is 0 Å². The van der Waals surface area contributed by atoms with Gasteiger partial charge in [-0.3, -0.25) is 9.47 Å². The van der Waals surface area contributed by atoms with Gasteiger partial charge in [0.1, 0.15) is 5.60 Å². The van der Waals surface area contributed by atoms with Crippen LogP contribution < -0.4 is 0 Å². The molecule has 2 rings (SSSR count). The van der Waals surface area contributed by atoms with E-state index in [0.717, 1.165) is 4.57 Å². The van der Waals surface area contributed by atoms with E-state index in [9.17, 15) is 18.0 Å². The molecule has 1 aromatic rings. The Bertz CT molecular complexity index is 565. The maximum atomic E-state index is 12.9. The Morgan fingerprint density at radius 3 is 2.41 bits per heavy atom. The fraction of sp³-hybridized carbons (Fsp3) is 0.750. The van der Waals surface area contributed by atoms with Crippen molar-refractivity contribution in [3.63, 3.8) is 0 Å². The number of hydrogen-bond acceptors (Lipinski definition) is 5. The van der Waals surface area contributed by atoms with Gasteiger partial charge in [0.25, 0.3) is 0 Å². The highest BCUT2D eigenvalue weighted by molar-refractivity contribution is 5.68. The molecule has 1 aliphatic heterocycles. The molecular weight excluding hydrogens is 305 g/mol. The van der Waals surface area contributed by atoms with Crippen molar-refractivity contribution in [1.29, 1.82) is 0 Å². The zero-order valence-electron chi connectivity index (χ0n) is 12.6. The van der Waals surface area contributed by atoms with Crippen molar-refractivity contribution in [3.8, 4) is 0 Å². The van der Waals surface area contributed by atoms with Crippen LogP contribution in [0.3, 0.4) is 0 Å². The number of amides is 1. The number of fused-ring (bicyclic) bond motifs is 1. The first kappa shape index (κ1) is 16.5. The van der Waals surface area contributed by atoms with E-state index in [2.05, 4.69) is 10.2 Å². The SMILES string of the molecule is COC1CN(C(=O)OC(C)(C)C)Cc2nnc(C(F)(F)F)n21. The van der Waals surface area contributed by atoms with Crippen molar-refractivity contribution in [3.05, 3.63) is 11.6 Å². The molecule has 0 fully saturated rings. The van der Waals surface area contributed by atoms with E-state index in [1.54, 1.807) is 20.8 Å². The summed E-state index contributed by atoms with van der Waals surface area (Å²) < 4.78 is 49.9. The van der Waals surface area contributed by atoms with Gasteiger partial charge in [-0.15, -0.1) is 10.2 Å². The lowest BCUT2D eigenvalue weighted by Crippen LogP contribution is -2.44. The van der Waals surface area contributed by atoms with Crippen LogP contribution in [0.15, 0.2) is 0 Å². The van der Waals surface area contributed by atoms with Gasteiger partial charge in [0.2, 0.25) is 5.82 Å². The number of rotatable bonds is 1. The second kappa shape index (κ2) is 5.41. The summed E-state index contributed by atoms with van der Waals surface area (Å²) in [5, 5.41) is 6.68. The van der Waals surface area contributed by atoms with Gasteiger partial charge in [0.15, 0.2) is 12.1 Å². The van der Waals surface area contributed by atoms with Crippen LogP contribution in [0.5, 0.6) is 0 Å². The number of carbonyl (C=O) groups is 1. The predicted octanol–water partition coefficient (Wildman–Crippen LogP) is 2.19. The summed E-state index contributed by atoms with van der Waals surface area (Å²) >= 11 is 0.